The van der Waals surface area contributed by atoms with Gasteiger partial charge in [0.2, 0.25) is 0 Å². The molecule has 1 aliphatic heterocycles. The fraction of sp³-hybridized carbons (Fsp3) is 1.00. The second-order valence-corrected chi connectivity index (χ2v) is 3.97. The van der Waals surface area contributed by atoms with Gasteiger partial charge in [-0.15, -0.1) is 0 Å². The van der Waals surface area contributed by atoms with E-state index in [0.29, 0.717) is 6.61 Å². The summed E-state index contributed by atoms with van der Waals surface area (Å²) in [5.41, 5.74) is 0. The first-order chi connectivity index (χ1) is 6.86. The summed E-state index contributed by atoms with van der Waals surface area (Å²) in [4.78, 5) is 2.51. The van der Waals surface area contributed by atoms with Gasteiger partial charge in [-0.05, 0) is 31.8 Å². The highest BCUT2D eigenvalue weighted by Gasteiger charge is 2.18. The van der Waals surface area contributed by atoms with Crippen molar-refractivity contribution in [1.29, 1.82) is 0 Å². The molecule has 1 fully saturated rings. The van der Waals surface area contributed by atoms with E-state index >= 15 is 0 Å². The summed E-state index contributed by atoms with van der Waals surface area (Å²) in [7, 11) is 1.71. The third-order valence-corrected chi connectivity index (χ3v) is 2.84. The van der Waals surface area contributed by atoms with Crippen LogP contribution in [0.25, 0.3) is 0 Å². The third kappa shape index (κ3) is 4.40. The van der Waals surface area contributed by atoms with Crippen molar-refractivity contribution >= 4 is 0 Å². The molecule has 1 rings (SSSR count). The van der Waals surface area contributed by atoms with E-state index in [1.165, 1.54) is 32.5 Å². The lowest BCUT2D eigenvalue weighted by molar-refractivity contribution is 0.0318. The molecule has 0 aliphatic carbocycles. The van der Waals surface area contributed by atoms with Crippen LogP contribution in [-0.4, -0.2) is 51.5 Å². The van der Waals surface area contributed by atoms with Gasteiger partial charge >= 0.3 is 0 Å². The van der Waals surface area contributed by atoms with Crippen LogP contribution in [0.2, 0.25) is 0 Å². The molecule has 1 saturated heterocycles. The highest BCUT2D eigenvalue weighted by Crippen LogP contribution is 2.16. The fourth-order valence-corrected chi connectivity index (χ4v) is 1.97. The maximum absolute atomic E-state index is 5.55. The molecule has 14 heavy (non-hydrogen) atoms. The molecule has 84 valence electrons. The molecule has 0 radical (unpaired) electrons. The molecule has 1 heterocycles. The topological polar surface area (TPSA) is 21.7 Å². The van der Waals surface area contributed by atoms with E-state index in [-0.39, 0.29) is 0 Å². The number of nitrogens with zero attached hydrogens (tertiary/aromatic N) is 1. The summed E-state index contributed by atoms with van der Waals surface area (Å²) in [5, 5.41) is 0. The summed E-state index contributed by atoms with van der Waals surface area (Å²) in [6.07, 6.45) is 2.65. The van der Waals surface area contributed by atoms with Crippen LogP contribution in [0.3, 0.4) is 0 Å². The second-order valence-electron chi connectivity index (χ2n) is 3.97. The standard InChI is InChI=1S/C11H23NO2/c1-3-12-6-4-5-11(9-12)10-14-8-7-13-2/h11H,3-10H2,1-2H3. The maximum atomic E-state index is 5.55. The minimum atomic E-state index is 0.713. The van der Waals surface area contributed by atoms with Crippen LogP contribution in [0.1, 0.15) is 19.8 Å². The van der Waals surface area contributed by atoms with Crippen molar-refractivity contribution in [1.82, 2.24) is 4.90 Å². The average molecular weight is 201 g/mol. The highest BCUT2D eigenvalue weighted by molar-refractivity contribution is 4.71. The lowest BCUT2D eigenvalue weighted by Crippen LogP contribution is -2.37. The number of likely N-dealkylation sites (tertiary alicyclic amines) is 1. The van der Waals surface area contributed by atoms with E-state index in [2.05, 4.69) is 11.8 Å². The minimum Gasteiger partial charge on any atom is -0.382 e. The molecule has 3 heteroatoms. The van der Waals surface area contributed by atoms with Gasteiger partial charge in [-0.2, -0.15) is 0 Å². The van der Waals surface area contributed by atoms with Gasteiger partial charge in [-0.1, -0.05) is 6.92 Å². The Kier molecular flexibility index (Phi) is 6.15. The quantitative estimate of drug-likeness (QED) is 0.606. The van der Waals surface area contributed by atoms with Crippen LogP contribution >= 0.6 is 0 Å². The van der Waals surface area contributed by atoms with Gasteiger partial charge in [0.15, 0.2) is 0 Å². The van der Waals surface area contributed by atoms with Crippen molar-refractivity contribution in [2.24, 2.45) is 5.92 Å². The largest absolute Gasteiger partial charge is 0.382 e. The number of ether oxygens (including phenoxy) is 2. The van der Waals surface area contributed by atoms with Crippen LogP contribution < -0.4 is 0 Å². The van der Waals surface area contributed by atoms with Crippen molar-refractivity contribution in [2.45, 2.75) is 19.8 Å². The van der Waals surface area contributed by atoms with Gasteiger partial charge in [0.05, 0.1) is 19.8 Å². The molecule has 1 unspecified atom stereocenters. The first-order valence-corrected chi connectivity index (χ1v) is 5.65. The van der Waals surface area contributed by atoms with Crippen LogP contribution in [0.15, 0.2) is 0 Å². The van der Waals surface area contributed by atoms with Gasteiger partial charge in [-0.25, -0.2) is 0 Å². The number of rotatable bonds is 6. The summed E-state index contributed by atoms with van der Waals surface area (Å²) in [6.45, 7) is 8.24. The second kappa shape index (κ2) is 7.21. The molecule has 0 aromatic carbocycles. The van der Waals surface area contributed by atoms with Crippen molar-refractivity contribution in [2.75, 3.05) is 46.6 Å². The summed E-state index contributed by atoms with van der Waals surface area (Å²) >= 11 is 0. The summed E-state index contributed by atoms with van der Waals surface area (Å²) in [6, 6.07) is 0. The molecule has 0 N–H and O–H groups in total. The lowest BCUT2D eigenvalue weighted by atomic mass is 9.99. The van der Waals surface area contributed by atoms with Gasteiger partial charge in [-0.3, -0.25) is 0 Å². The first-order valence-electron chi connectivity index (χ1n) is 5.65. The number of hydrogen-bond donors (Lipinski definition) is 0. The summed E-state index contributed by atoms with van der Waals surface area (Å²) in [5.74, 6) is 0.737. The average Bonchev–Trinajstić information content (AvgIpc) is 2.25. The zero-order valence-electron chi connectivity index (χ0n) is 9.50. The van der Waals surface area contributed by atoms with Gasteiger partial charge < -0.3 is 14.4 Å². The zero-order chi connectivity index (χ0) is 10.2. The Morgan fingerprint density at radius 2 is 2.21 bits per heavy atom. The smallest absolute Gasteiger partial charge is 0.0700 e. The molecule has 0 saturated carbocycles. The molecule has 1 atom stereocenters. The van der Waals surface area contributed by atoms with E-state index < -0.39 is 0 Å². The Balaban J connectivity index is 2.05. The highest BCUT2D eigenvalue weighted by atomic mass is 16.5. The van der Waals surface area contributed by atoms with Crippen LogP contribution in [-0.2, 0) is 9.47 Å². The SMILES string of the molecule is CCN1CCCC(COCCOC)C1. The van der Waals surface area contributed by atoms with Crippen LogP contribution in [0.5, 0.6) is 0 Å². The predicted octanol–water partition coefficient (Wildman–Crippen LogP) is 1.38. The normalized spacial score (nSPS) is 24.0. The Bertz CT molecular complexity index is 141. The molecule has 1 aliphatic rings. The number of methoxy groups -OCH3 is 1. The van der Waals surface area contributed by atoms with E-state index in [1.807, 2.05) is 0 Å². The molecule has 0 amide bonds. The third-order valence-electron chi connectivity index (χ3n) is 2.84. The number of hydrogen-bond acceptors (Lipinski definition) is 3. The maximum Gasteiger partial charge on any atom is 0.0700 e. The summed E-state index contributed by atoms with van der Waals surface area (Å²) < 4.78 is 10.5. The Labute approximate surface area is 87.4 Å². The van der Waals surface area contributed by atoms with Gasteiger partial charge in [0, 0.05) is 13.7 Å². The van der Waals surface area contributed by atoms with E-state index in [9.17, 15) is 0 Å². The Morgan fingerprint density at radius 1 is 1.36 bits per heavy atom. The fourth-order valence-electron chi connectivity index (χ4n) is 1.97. The first kappa shape index (κ1) is 12.0. The van der Waals surface area contributed by atoms with E-state index in [1.54, 1.807) is 7.11 Å². The number of piperidine rings is 1. The Morgan fingerprint density at radius 3 is 2.93 bits per heavy atom. The molecule has 0 aromatic rings. The molecule has 0 spiro atoms. The van der Waals surface area contributed by atoms with Gasteiger partial charge in [0.1, 0.15) is 0 Å². The van der Waals surface area contributed by atoms with Crippen molar-refractivity contribution in [3.63, 3.8) is 0 Å². The van der Waals surface area contributed by atoms with E-state index in [4.69, 9.17) is 9.47 Å². The molecular formula is C11H23NO2. The molecule has 0 bridgehead atoms. The predicted molar refractivity (Wildman–Crippen MR) is 57.5 cm³/mol. The Hall–Kier alpha value is -0.120. The van der Waals surface area contributed by atoms with Crippen LogP contribution in [0, 0.1) is 5.92 Å². The van der Waals surface area contributed by atoms with Gasteiger partial charge in [0.25, 0.3) is 0 Å². The zero-order valence-corrected chi connectivity index (χ0v) is 9.50. The van der Waals surface area contributed by atoms with E-state index in [0.717, 1.165) is 19.1 Å². The minimum absolute atomic E-state index is 0.713. The lowest BCUT2D eigenvalue weighted by Gasteiger charge is -2.31. The van der Waals surface area contributed by atoms with Crippen molar-refractivity contribution in [3.8, 4) is 0 Å². The monoisotopic (exact) mass is 201 g/mol. The molecule has 3 nitrogen and oxygen atoms in total. The molecular weight excluding hydrogens is 178 g/mol. The van der Waals surface area contributed by atoms with Crippen molar-refractivity contribution in [3.05, 3.63) is 0 Å². The van der Waals surface area contributed by atoms with Crippen LogP contribution in [0.4, 0.5) is 0 Å². The molecule has 0 aromatic heterocycles. The van der Waals surface area contributed by atoms with Crippen molar-refractivity contribution < 1.29 is 9.47 Å².